The van der Waals surface area contributed by atoms with Gasteiger partial charge in [-0.15, -0.1) is 0 Å². The molecular formula is C16H29NOS. The number of ketones is 1. The van der Waals surface area contributed by atoms with Crippen molar-refractivity contribution in [1.82, 2.24) is 0 Å². The van der Waals surface area contributed by atoms with Crippen LogP contribution >= 0.6 is 11.8 Å². The fourth-order valence-corrected chi connectivity index (χ4v) is 2.54. The predicted molar refractivity (Wildman–Crippen MR) is 84.2 cm³/mol. The molecule has 0 amide bonds. The Labute approximate surface area is 123 Å². The van der Waals surface area contributed by atoms with Gasteiger partial charge in [0.1, 0.15) is 11.2 Å². The van der Waals surface area contributed by atoms with E-state index in [2.05, 4.69) is 6.92 Å². The summed E-state index contributed by atoms with van der Waals surface area (Å²) >= 11 is 1.06. The number of thiocyanates is 1. The smallest absolute Gasteiger partial charge is 0.143 e. The zero-order chi connectivity index (χ0) is 14.2. The van der Waals surface area contributed by atoms with Crippen molar-refractivity contribution in [2.45, 2.75) is 84.0 Å². The third-order valence-corrected chi connectivity index (χ3v) is 3.95. The van der Waals surface area contributed by atoms with Gasteiger partial charge in [-0.1, -0.05) is 71.1 Å². The SMILES string of the molecule is CCCCCCCCCCCCCC(=O)CSC#N. The molecule has 0 atom stereocenters. The van der Waals surface area contributed by atoms with E-state index in [0.717, 1.165) is 18.2 Å². The summed E-state index contributed by atoms with van der Waals surface area (Å²) in [7, 11) is 0. The minimum atomic E-state index is 0.225. The van der Waals surface area contributed by atoms with E-state index in [4.69, 9.17) is 5.26 Å². The lowest BCUT2D eigenvalue weighted by Gasteiger charge is -2.02. The molecule has 0 fully saturated rings. The van der Waals surface area contributed by atoms with Gasteiger partial charge in [-0.25, -0.2) is 0 Å². The molecule has 0 aliphatic carbocycles. The van der Waals surface area contributed by atoms with E-state index in [1.807, 2.05) is 5.40 Å². The Morgan fingerprint density at radius 3 is 1.84 bits per heavy atom. The van der Waals surface area contributed by atoms with Crippen LogP contribution in [0.15, 0.2) is 0 Å². The Hall–Kier alpha value is -0.490. The lowest BCUT2D eigenvalue weighted by Crippen LogP contribution is -2.00. The highest BCUT2D eigenvalue weighted by Gasteiger charge is 2.01. The van der Waals surface area contributed by atoms with Gasteiger partial charge in [0.15, 0.2) is 0 Å². The molecule has 19 heavy (non-hydrogen) atoms. The minimum absolute atomic E-state index is 0.225. The maximum atomic E-state index is 11.3. The number of nitrogens with zero attached hydrogens (tertiary/aromatic N) is 1. The summed E-state index contributed by atoms with van der Waals surface area (Å²) in [5, 5.41) is 10.3. The Bertz CT molecular complexity index is 248. The second-order valence-electron chi connectivity index (χ2n) is 5.20. The van der Waals surface area contributed by atoms with Gasteiger partial charge in [-0.2, -0.15) is 5.26 Å². The molecule has 0 heterocycles. The van der Waals surface area contributed by atoms with Crippen molar-refractivity contribution in [1.29, 1.82) is 5.26 Å². The second kappa shape index (κ2) is 15.6. The number of thioether (sulfide) groups is 1. The Kier molecular flexibility index (Phi) is 15.2. The van der Waals surface area contributed by atoms with Crippen LogP contribution in [0.3, 0.4) is 0 Å². The molecule has 0 N–H and O–H groups in total. The molecule has 2 nitrogen and oxygen atoms in total. The molecule has 0 rings (SSSR count). The molecule has 0 aliphatic rings. The third kappa shape index (κ3) is 15.5. The summed E-state index contributed by atoms with van der Waals surface area (Å²) in [5.41, 5.74) is 0. The van der Waals surface area contributed by atoms with Crippen molar-refractivity contribution in [2.24, 2.45) is 0 Å². The van der Waals surface area contributed by atoms with Crippen molar-refractivity contribution < 1.29 is 4.79 Å². The highest BCUT2D eigenvalue weighted by Crippen LogP contribution is 2.12. The van der Waals surface area contributed by atoms with Gasteiger partial charge in [0.2, 0.25) is 0 Å². The molecule has 0 aliphatic heterocycles. The maximum Gasteiger partial charge on any atom is 0.143 e. The van der Waals surface area contributed by atoms with Gasteiger partial charge in [0, 0.05) is 6.42 Å². The molecule has 0 aromatic carbocycles. The van der Waals surface area contributed by atoms with Crippen LogP contribution in [0.5, 0.6) is 0 Å². The maximum absolute atomic E-state index is 11.3. The zero-order valence-electron chi connectivity index (χ0n) is 12.5. The van der Waals surface area contributed by atoms with E-state index in [1.54, 1.807) is 0 Å². The van der Waals surface area contributed by atoms with E-state index < -0.39 is 0 Å². The molecule has 0 bridgehead atoms. The monoisotopic (exact) mass is 283 g/mol. The molecule has 0 radical (unpaired) electrons. The molecule has 0 aromatic rings. The van der Waals surface area contributed by atoms with Crippen LogP contribution in [-0.2, 0) is 4.79 Å². The largest absolute Gasteiger partial charge is 0.299 e. The van der Waals surface area contributed by atoms with Gasteiger partial charge in [-0.3, -0.25) is 4.79 Å². The normalized spacial score (nSPS) is 10.3. The zero-order valence-corrected chi connectivity index (χ0v) is 13.3. The number of nitriles is 1. The molecule has 0 saturated carbocycles. The lowest BCUT2D eigenvalue weighted by atomic mass is 10.0. The van der Waals surface area contributed by atoms with E-state index in [1.165, 1.54) is 64.2 Å². The Morgan fingerprint density at radius 1 is 0.895 bits per heavy atom. The average molecular weight is 283 g/mol. The van der Waals surface area contributed by atoms with Gasteiger partial charge in [0.25, 0.3) is 0 Å². The fraction of sp³-hybridized carbons (Fsp3) is 0.875. The van der Waals surface area contributed by atoms with E-state index in [0.29, 0.717) is 12.2 Å². The molecule has 0 saturated heterocycles. The van der Waals surface area contributed by atoms with Gasteiger partial charge >= 0.3 is 0 Å². The standard InChI is InChI=1S/C16H29NOS/c1-2-3-4-5-6-7-8-9-10-11-12-13-16(18)14-19-15-17/h2-14H2,1H3. The summed E-state index contributed by atoms with van der Waals surface area (Å²) in [6.45, 7) is 2.25. The number of carbonyl (C=O) groups is 1. The van der Waals surface area contributed by atoms with Crippen LogP contribution in [0.4, 0.5) is 0 Å². The molecule has 0 unspecified atom stereocenters. The van der Waals surface area contributed by atoms with E-state index in [9.17, 15) is 4.79 Å². The first-order valence-corrected chi connectivity index (χ1v) is 8.82. The van der Waals surface area contributed by atoms with Crippen molar-refractivity contribution >= 4 is 17.5 Å². The summed E-state index contributed by atoms with van der Waals surface area (Å²) < 4.78 is 0. The first-order valence-electron chi connectivity index (χ1n) is 7.83. The van der Waals surface area contributed by atoms with E-state index in [-0.39, 0.29) is 5.78 Å². The van der Waals surface area contributed by atoms with Crippen molar-refractivity contribution in [2.75, 3.05) is 5.75 Å². The average Bonchev–Trinajstić information content (AvgIpc) is 2.42. The molecule has 3 heteroatoms. The molecular weight excluding hydrogens is 254 g/mol. The van der Waals surface area contributed by atoms with Crippen LogP contribution in [0, 0.1) is 10.7 Å². The summed E-state index contributed by atoms with van der Waals surface area (Å²) in [5.74, 6) is 0.594. The van der Waals surface area contributed by atoms with E-state index >= 15 is 0 Å². The number of rotatable bonds is 14. The predicted octanol–water partition coefficient (Wildman–Crippen LogP) is 5.47. The number of hydrogen-bond donors (Lipinski definition) is 0. The van der Waals surface area contributed by atoms with Gasteiger partial charge in [-0.05, 0) is 18.2 Å². The number of carbonyl (C=O) groups excluding carboxylic acids is 1. The number of unbranched alkanes of at least 4 members (excludes halogenated alkanes) is 10. The summed E-state index contributed by atoms with van der Waals surface area (Å²) in [4.78, 5) is 11.3. The van der Waals surface area contributed by atoms with Gasteiger partial charge in [0.05, 0.1) is 5.75 Å². The molecule has 110 valence electrons. The highest BCUT2D eigenvalue weighted by atomic mass is 32.2. The summed E-state index contributed by atoms with van der Waals surface area (Å²) in [6.07, 6.45) is 15.0. The van der Waals surface area contributed by atoms with Crippen LogP contribution in [-0.4, -0.2) is 11.5 Å². The minimum Gasteiger partial charge on any atom is -0.299 e. The molecule has 0 spiro atoms. The van der Waals surface area contributed by atoms with Crippen LogP contribution < -0.4 is 0 Å². The Morgan fingerprint density at radius 2 is 1.37 bits per heavy atom. The summed E-state index contributed by atoms with van der Waals surface area (Å²) in [6, 6.07) is 0. The van der Waals surface area contributed by atoms with Gasteiger partial charge < -0.3 is 0 Å². The topological polar surface area (TPSA) is 40.9 Å². The van der Waals surface area contributed by atoms with Crippen molar-refractivity contribution in [3.8, 4) is 5.40 Å². The lowest BCUT2D eigenvalue weighted by molar-refractivity contribution is -0.116. The highest BCUT2D eigenvalue weighted by molar-refractivity contribution is 8.04. The quantitative estimate of drug-likeness (QED) is 0.313. The molecule has 0 aromatic heterocycles. The van der Waals surface area contributed by atoms with Crippen molar-refractivity contribution in [3.05, 3.63) is 0 Å². The second-order valence-corrected chi connectivity index (χ2v) is 5.96. The number of hydrogen-bond acceptors (Lipinski definition) is 3. The number of Topliss-reactive ketones (excluding diaryl/α,β-unsaturated/α-hetero) is 1. The first kappa shape index (κ1) is 18.5. The fourth-order valence-electron chi connectivity index (χ4n) is 2.17. The third-order valence-electron chi connectivity index (χ3n) is 3.36. The van der Waals surface area contributed by atoms with Crippen LogP contribution in [0.1, 0.15) is 84.0 Å². The Balaban J connectivity index is 3.07. The van der Waals surface area contributed by atoms with Crippen LogP contribution in [0.2, 0.25) is 0 Å². The van der Waals surface area contributed by atoms with Crippen LogP contribution in [0.25, 0.3) is 0 Å². The first-order chi connectivity index (χ1) is 9.31. The van der Waals surface area contributed by atoms with Crippen molar-refractivity contribution in [3.63, 3.8) is 0 Å².